The quantitative estimate of drug-likeness (QED) is 0.299. The number of nitrogens with one attached hydrogen (secondary N) is 1. The Morgan fingerprint density at radius 2 is 1.65 bits per heavy atom. The van der Waals surface area contributed by atoms with E-state index in [-0.39, 0.29) is 5.69 Å². The lowest BCUT2D eigenvalue weighted by Crippen LogP contribution is -2.20. The van der Waals surface area contributed by atoms with E-state index in [4.69, 9.17) is 4.74 Å². The number of rotatable bonds is 6. The molecule has 0 fully saturated rings. The van der Waals surface area contributed by atoms with Gasteiger partial charge in [-0.2, -0.15) is 23.4 Å². The maximum absolute atomic E-state index is 14.0. The molecule has 0 unspecified atom stereocenters. The van der Waals surface area contributed by atoms with E-state index in [2.05, 4.69) is 15.5 Å². The minimum Gasteiger partial charge on any atom is -0.497 e. The third-order valence-corrected chi connectivity index (χ3v) is 6.02. The Kier molecular flexibility index (Phi) is 6.16. The summed E-state index contributed by atoms with van der Waals surface area (Å²) in [4.78, 5) is 12.9. The molecule has 188 valence electrons. The van der Waals surface area contributed by atoms with Crippen molar-refractivity contribution < 1.29 is 22.7 Å². The van der Waals surface area contributed by atoms with Crippen LogP contribution < -0.4 is 10.1 Å². The van der Waals surface area contributed by atoms with Crippen LogP contribution in [0.3, 0.4) is 0 Å². The van der Waals surface area contributed by atoms with E-state index < -0.39 is 23.3 Å². The van der Waals surface area contributed by atoms with E-state index in [1.54, 1.807) is 24.3 Å². The van der Waals surface area contributed by atoms with Gasteiger partial charge in [-0.15, -0.1) is 0 Å². The molecule has 0 saturated carbocycles. The van der Waals surface area contributed by atoms with Gasteiger partial charge in [0.05, 0.1) is 36.3 Å². The number of amides is 1. The lowest BCUT2D eigenvalue weighted by molar-refractivity contribution is -0.143. The first-order valence-electron chi connectivity index (χ1n) is 11.5. The second kappa shape index (κ2) is 9.45. The Bertz CT molecular complexity index is 1570. The lowest BCUT2D eigenvalue weighted by atomic mass is 10.0. The number of alkyl halides is 3. The van der Waals surface area contributed by atoms with Gasteiger partial charge in [0.2, 0.25) is 0 Å². The summed E-state index contributed by atoms with van der Waals surface area (Å²) in [7, 11) is 1.46. The molecule has 5 aromatic rings. The van der Waals surface area contributed by atoms with Gasteiger partial charge < -0.3 is 10.1 Å². The number of hydrogen-bond acceptors (Lipinski definition) is 4. The molecule has 2 aromatic heterocycles. The van der Waals surface area contributed by atoms with Gasteiger partial charge in [-0.3, -0.25) is 9.48 Å². The minimum atomic E-state index is -4.81. The molecular formula is C27H22F3N5O2. The fourth-order valence-electron chi connectivity index (χ4n) is 4.15. The van der Waals surface area contributed by atoms with Gasteiger partial charge in [-0.05, 0) is 60.5 Å². The molecule has 0 aliphatic heterocycles. The summed E-state index contributed by atoms with van der Waals surface area (Å²) >= 11 is 0. The monoisotopic (exact) mass is 505 g/mol. The molecular weight excluding hydrogens is 483 g/mol. The third-order valence-electron chi connectivity index (χ3n) is 6.02. The second-order valence-electron chi connectivity index (χ2n) is 8.28. The summed E-state index contributed by atoms with van der Waals surface area (Å²) < 4.78 is 49.6. The van der Waals surface area contributed by atoms with Gasteiger partial charge in [0.1, 0.15) is 5.75 Å². The van der Waals surface area contributed by atoms with Crippen molar-refractivity contribution in [1.82, 2.24) is 19.6 Å². The van der Waals surface area contributed by atoms with Crippen LogP contribution in [0.4, 0.5) is 18.9 Å². The summed E-state index contributed by atoms with van der Waals surface area (Å²) in [6, 6.07) is 18.8. The molecule has 3 aromatic carbocycles. The molecule has 1 amide bonds. The molecule has 0 atom stereocenters. The average Bonchev–Trinajstić information content (AvgIpc) is 3.53. The molecule has 0 aliphatic carbocycles. The molecule has 5 rings (SSSR count). The number of aryl methyl sites for hydroxylation is 1. The number of anilines is 1. The normalized spacial score (nSPS) is 11.6. The highest BCUT2D eigenvalue weighted by atomic mass is 19.4. The van der Waals surface area contributed by atoms with Crippen molar-refractivity contribution >= 4 is 22.5 Å². The summed E-state index contributed by atoms with van der Waals surface area (Å²) in [5, 5.41) is 11.8. The number of aromatic nitrogens is 4. The third kappa shape index (κ3) is 4.65. The zero-order valence-corrected chi connectivity index (χ0v) is 20.0. The van der Waals surface area contributed by atoms with Gasteiger partial charge in [-0.25, -0.2) is 4.68 Å². The Labute approximate surface area is 210 Å². The number of ether oxygens (including phenoxy) is 1. The molecule has 37 heavy (non-hydrogen) atoms. The molecule has 1 N–H and O–H groups in total. The van der Waals surface area contributed by atoms with E-state index in [0.29, 0.717) is 16.1 Å². The molecule has 0 radical (unpaired) electrons. The SMILES string of the molecule is CCn1ncc2ccc(-c3ccc(NC(=O)c4cnn(-c5ccc(OC)cc5)c4C(F)(F)F)cc3)cc21. The maximum Gasteiger partial charge on any atom is 0.434 e. The van der Waals surface area contributed by atoms with E-state index in [9.17, 15) is 18.0 Å². The summed E-state index contributed by atoms with van der Waals surface area (Å²) in [6.45, 7) is 2.76. The molecule has 2 heterocycles. The van der Waals surface area contributed by atoms with Crippen molar-refractivity contribution in [2.24, 2.45) is 0 Å². The Balaban J connectivity index is 1.40. The van der Waals surface area contributed by atoms with Gasteiger partial charge in [0.15, 0.2) is 5.69 Å². The second-order valence-corrected chi connectivity index (χ2v) is 8.28. The van der Waals surface area contributed by atoms with E-state index in [1.807, 2.05) is 36.0 Å². The Morgan fingerprint density at radius 1 is 0.946 bits per heavy atom. The molecule has 0 saturated heterocycles. The smallest absolute Gasteiger partial charge is 0.434 e. The zero-order chi connectivity index (χ0) is 26.2. The number of nitrogens with zero attached hydrogens (tertiary/aromatic N) is 4. The maximum atomic E-state index is 14.0. The molecule has 10 heteroatoms. The van der Waals surface area contributed by atoms with Gasteiger partial charge in [-0.1, -0.05) is 24.3 Å². The van der Waals surface area contributed by atoms with Crippen molar-refractivity contribution in [3.05, 3.63) is 90.4 Å². The Morgan fingerprint density at radius 3 is 2.30 bits per heavy atom. The van der Waals surface area contributed by atoms with E-state index >= 15 is 0 Å². The fourth-order valence-corrected chi connectivity index (χ4v) is 4.15. The van der Waals surface area contributed by atoms with Crippen molar-refractivity contribution in [3.63, 3.8) is 0 Å². The summed E-state index contributed by atoms with van der Waals surface area (Å²) in [6.07, 6.45) is -2.08. The predicted octanol–water partition coefficient (Wildman–Crippen LogP) is 6.19. The number of carbonyl (C=O) groups is 1. The van der Waals surface area contributed by atoms with Crippen LogP contribution >= 0.6 is 0 Å². The van der Waals surface area contributed by atoms with Crippen LogP contribution in [-0.2, 0) is 12.7 Å². The van der Waals surface area contributed by atoms with Crippen molar-refractivity contribution in [2.75, 3.05) is 12.4 Å². The zero-order valence-electron chi connectivity index (χ0n) is 20.0. The van der Waals surface area contributed by atoms with Crippen LogP contribution in [0.2, 0.25) is 0 Å². The summed E-state index contributed by atoms with van der Waals surface area (Å²) in [5.41, 5.74) is 1.63. The standard InChI is InChI=1S/C27H22F3N5O2/c1-3-34-24-14-18(4-5-19(24)15-31-34)17-6-8-20(9-7-17)33-26(36)23-16-32-35(25(23)27(28,29)30)21-10-12-22(37-2)13-11-21/h4-16H,3H2,1-2H3,(H,33,36). The van der Waals surface area contributed by atoms with Gasteiger partial charge >= 0.3 is 6.18 Å². The number of hydrogen-bond donors (Lipinski definition) is 1. The van der Waals surface area contributed by atoms with Gasteiger partial charge in [0.25, 0.3) is 5.91 Å². The van der Waals surface area contributed by atoms with Crippen LogP contribution in [0.15, 0.2) is 79.1 Å². The van der Waals surface area contributed by atoms with Crippen LogP contribution in [-0.4, -0.2) is 32.6 Å². The minimum absolute atomic E-state index is 0.151. The fraction of sp³-hybridized carbons (Fsp3) is 0.148. The van der Waals surface area contributed by atoms with Crippen LogP contribution in [0.5, 0.6) is 5.75 Å². The first-order valence-corrected chi connectivity index (χ1v) is 11.5. The topological polar surface area (TPSA) is 74.0 Å². The average molecular weight is 506 g/mol. The molecule has 0 aliphatic rings. The largest absolute Gasteiger partial charge is 0.497 e. The number of fused-ring (bicyclic) bond motifs is 1. The van der Waals surface area contributed by atoms with E-state index in [0.717, 1.165) is 34.8 Å². The number of halogens is 3. The molecule has 0 bridgehead atoms. The van der Waals surface area contributed by atoms with Crippen molar-refractivity contribution in [1.29, 1.82) is 0 Å². The first kappa shape index (κ1) is 24.1. The van der Waals surface area contributed by atoms with Crippen molar-refractivity contribution in [2.45, 2.75) is 19.6 Å². The summed E-state index contributed by atoms with van der Waals surface area (Å²) in [5.74, 6) is -0.421. The number of benzene rings is 3. The van der Waals surface area contributed by atoms with Crippen LogP contribution in [0.25, 0.3) is 27.7 Å². The first-order chi connectivity index (χ1) is 17.8. The van der Waals surface area contributed by atoms with Crippen molar-refractivity contribution in [3.8, 4) is 22.6 Å². The predicted molar refractivity (Wildman–Crippen MR) is 134 cm³/mol. The lowest BCUT2D eigenvalue weighted by Gasteiger charge is -2.13. The van der Waals surface area contributed by atoms with Crippen LogP contribution in [0, 0.1) is 0 Å². The molecule has 7 nitrogen and oxygen atoms in total. The number of carbonyl (C=O) groups excluding carboxylic acids is 1. The molecule has 0 spiro atoms. The highest BCUT2D eigenvalue weighted by Crippen LogP contribution is 2.34. The Hall–Kier alpha value is -4.60. The van der Waals surface area contributed by atoms with Gasteiger partial charge in [0, 0.05) is 17.6 Å². The highest BCUT2D eigenvalue weighted by Gasteiger charge is 2.40. The number of methoxy groups -OCH3 is 1. The highest BCUT2D eigenvalue weighted by molar-refractivity contribution is 6.05. The van der Waals surface area contributed by atoms with Crippen LogP contribution in [0.1, 0.15) is 23.0 Å². The van der Waals surface area contributed by atoms with E-state index in [1.165, 1.54) is 31.4 Å².